The molecule has 2 aromatic rings. The molecule has 1 fully saturated rings. The van der Waals surface area contributed by atoms with Gasteiger partial charge in [0.05, 0.1) is 11.3 Å². The molecule has 1 atom stereocenters. The maximum Gasteiger partial charge on any atom is 0.312 e. The van der Waals surface area contributed by atoms with Gasteiger partial charge in [0.2, 0.25) is 5.91 Å². The highest BCUT2D eigenvalue weighted by Gasteiger charge is 2.51. The van der Waals surface area contributed by atoms with Crippen molar-refractivity contribution in [3.8, 4) is 0 Å². The van der Waals surface area contributed by atoms with Crippen molar-refractivity contribution < 1.29 is 14.7 Å². The zero-order valence-corrected chi connectivity index (χ0v) is 12.7. The van der Waals surface area contributed by atoms with Crippen LogP contribution in [0.4, 0.5) is 0 Å². The Balaban J connectivity index is 1.70. The minimum absolute atomic E-state index is 0.0779. The fourth-order valence-corrected chi connectivity index (χ4v) is 2.93. The smallest absolute Gasteiger partial charge is 0.312 e. The van der Waals surface area contributed by atoms with Crippen molar-refractivity contribution in [2.24, 2.45) is 0 Å². The van der Waals surface area contributed by atoms with Crippen molar-refractivity contribution >= 4 is 11.9 Å². The summed E-state index contributed by atoms with van der Waals surface area (Å²) in [5, 5.41) is 12.3. The van der Waals surface area contributed by atoms with Gasteiger partial charge >= 0.3 is 5.97 Å². The molecule has 0 saturated heterocycles. The molecule has 0 heterocycles. The molecule has 4 nitrogen and oxygen atoms in total. The van der Waals surface area contributed by atoms with E-state index in [1.54, 1.807) is 24.3 Å². The molecule has 1 amide bonds. The second kappa shape index (κ2) is 6.24. The molecular formula is C19H19NO3. The van der Waals surface area contributed by atoms with E-state index in [-0.39, 0.29) is 12.5 Å². The summed E-state index contributed by atoms with van der Waals surface area (Å²) in [6.07, 6.45) is 1.62. The van der Waals surface area contributed by atoms with Crippen LogP contribution in [-0.2, 0) is 15.0 Å². The lowest BCUT2D eigenvalue weighted by Crippen LogP contribution is -2.38. The van der Waals surface area contributed by atoms with E-state index in [9.17, 15) is 14.7 Å². The highest BCUT2D eigenvalue weighted by atomic mass is 16.4. The van der Waals surface area contributed by atoms with Crippen LogP contribution in [0, 0.1) is 0 Å². The van der Waals surface area contributed by atoms with Gasteiger partial charge in [0.15, 0.2) is 0 Å². The lowest BCUT2D eigenvalue weighted by molar-refractivity contribution is -0.138. The highest BCUT2D eigenvalue weighted by Crippen LogP contribution is 2.48. The van der Waals surface area contributed by atoms with Crippen LogP contribution in [0.2, 0.25) is 0 Å². The molecule has 1 unspecified atom stereocenters. The van der Waals surface area contributed by atoms with Crippen LogP contribution in [0.15, 0.2) is 60.7 Å². The van der Waals surface area contributed by atoms with Gasteiger partial charge in [0.1, 0.15) is 0 Å². The quantitative estimate of drug-likeness (QED) is 0.862. The maximum atomic E-state index is 12.6. The zero-order chi connectivity index (χ0) is 16.3. The van der Waals surface area contributed by atoms with E-state index in [1.165, 1.54) is 0 Å². The van der Waals surface area contributed by atoms with Crippen LogP contribution in [0.5, 0.6) is 0 Å². The van der Waals surface area contributed by atoms with Crippen molar-refractivity contribution in [1.29, 1.82) is 0 Å². The molecule has 118 valence electrons. The Kier molecular flexibility index (Phi) is 4.15. The van der Waals surface area contributed by atoms with Crippen molar-refractivity contribution in [3.63, 3.8) is 0 Å². The SMILES string of the molecule is O=C(O)C(CNC(=O)C1(c2ccccc2)CC1)c1ccccc1. The number of amides is 1. The van der Waals surface area contributed by atoms with Gasteiger partial charge in [0, 0.05) is 6.54 Å². The summed E-state index contributed by atoms with van der Waals surface area (Å²) < 4.78 is 0. The monoisotopic (exact) mass is 309 g/mol. The van der Waals surface area contributed by atoms with E-state index in [4.69, 9.17) is 0 Å². The zero-order valence-electron chi connectivity index (χ0n) is 12.7. The van der Waals surface area contributed by atoms with Crippen molar-refractivity contribution in [1.82, 2.24) is 5.32 Å². The molecule has 0 spiro atoms. The molecule has 23 heavy (non-hydrogen) atoms. The second-order valence-electron chi connectivity index (χ2n) is 5.96. The largest absolute Gasteiger partial charge is 0.481 e. The number of carboxylic acid groups (broad SMARTS) is 1. The highest BCUT2D eigenvalue weighted by molar-refractivity contribution is 5.91. The molecular weight excluding hydrogens is 290 g/mol. The fourth-order valence-electron chi connectivity index (χ4n) is 2.93. The third kappa shape index (κ3) is 3.11. The fraction of sp³-hybridized carbons (Fsp3) is 0.263. The standard InChI is InChI=1S/C19H19NO3/c21-17(22)16(14-7-3-1-4-8-14)13-20-18(23)19(11-12-19)15-9-5-2-6-10-15/h1-10,16H,11-13H2,(H,20,23)(H,21,22). The molecule has 1 saturated carbocycles. The summed E-state index contributed by atoms with van der Waals surface area (Å²) in [7, 11) is 0. The lowest BCUT2D eigenvalue weighted by atomic mass is 9.94. The van der Waals surface area contributed by atoms with E-state index >= 15 is 0 Å². The number of rotatable bonds is 6. The van der Waals surface area contributed by atoms with Crippen LogP contribution in [-0.4, -0.2) is 23.5 Å². The molecule has 1 aliphatic rings. The molecule has 0 bridgehead atoms. The van der Waals surface area contributed by atoms with Crippen LogP contribution in [0.1, 0.15) is 29.9 Å². The molecule has 0 aliphatic heterocycles. The normalized spacial score (nSPS) is 16.3. The van der Waals surface area contributed by atoms with Crippen LogP contribution >= 0.6 is 0 Å². The van der Waals surface area contributed by atoms with E-state index < -0.39 is 17.3 Å². The van der Waals surface area contributed by atoms with Gasteiger partial charge in [-0.15, -0.1) is 0 Å². The topological polar surface area (TPSA) is 66.4 Å². The summed E-state index contributed by atoms with van der Waals surface area (Å²) in [5.74, 6) is -1.74. The molecule has 0 radical (unpaired) electrons. The predicted octanol–water partition coefficient (Wildman–Crippen LogP) is 2.70. The third-order valence-corrected chi connectivity index (χ3v) is 4.48. The van der Waals surface area contributed by atoms with E-state index in [0.717, 1.165) is 18.4 Å². The Labute approximate surface area is 135 Å². The Morgan fingerprint density at radius 1 is 1.00 bits per heavy atom. The number of carbonyl (C=O) groups is 2. The second-order valence-corrected chi connectivity index (χ2v) is 5.96. The average molecular weight is 309 g/mol. The summed E-state index contributed by atoms with van der Waals surface area (Å²) in [6.45, 7) is 0.104. The Hall–Kier alpha value is -2.62. The van der Waals surface area contributed by atoms with E-state index in [2.05, 4.69) is 5.32 Å². The first-order valence-corrected chi connectivity index (χ1v) is 7.75. The van der Waals surface area contributed by atoms with Crippen LogP contribution in [0.25, 0.3) is 0 Å². The van der Waals surface area contributed by atoms with E-state index in [1.807, 2.05) is 36.4 Å². The average Bonchev–Trinajstić information content (AvgIpc) is 3.38. The summed E-state index contributed by atoms with van der Waals surface area (Å²) >= 11 is 0. The number of carboxylic acids is 1. The minimum atomic E-state index is -0.930. The van der Waals surface area contributed by atoms with Gasteiger partial charge in [-0.25, -0.2) is 0 Å². The van der Waals surface area contributed by atoms with Crippen molar-refractivity contribution in [3.05, 3.63) is 71.8 Å². The number of carbonyl (C=O) groups excluding carboxylic acids is 1. The first-order valence-electron chi connectivity index (χ1n) is 7.75. The van der Waals surface area contributed by atoms with Gasteiger partial charge < -0.3 is 10.4 Å². The van der Waals surface area contributed by atoms with Crippen LogP contribution in [0.3, 0.4) is 0 Å². The number of benzene rings is 2. The Morgan fingerprint density at radius 3 is 2.09 bits per heavy atom. The molecule has 1 aliphatic carbocycles. The molecule has 4 heteroatoms. The predicted molar refractivity (Wildman–Crippen MR) is 87.2 cm³/mol. The van der Waals surface area contributed by atoms with Gasteiger partial charge in [-0.05, 0) is 24.0 Å². The number of hydrogen-bond acceptors (Lipinski definition) is 2. The van der Waals surface area contributed by atoms with Crippen molar-refractivity contribution in [2.75, 3.05) is 6.54 Å². The number of nitrogens with one attached hydrogen (secondary N) is 1. The first kappa shape index (κ1) is 15.3. The summed E-state index contributed by atoms with van der Waals surface area (Å²) in [4.78, 5) is 24.1. The third-order valence-electron chi connectivity index (χ3n) is 4.48. The Morgan fingerprint density at radius 2 is 1.57 bits per heavy atom. The number of hydrogen-bond donors (Lipinski definition) is 2. The summed E-state index contributed by atoms with van der Waals surface area (Å²) in [6, 6.07) is 18.7. The minimum Gasteiger partial charge on any atom is -0.481 e. The van der Waals surface area contributed by atoms with Gasteiger partial charge in [0.25, 0.3) is 0 Å². The van der Waals surface area contributed by atoms with E-state index in [0.29, 0.717) is 5.56 Å². The van der Waals surface area contributed by atoms with Gasteiger partial charge in [-0.1, -0.05) is 60.7 Å². The first-order chi connectivity index (χ1) is 11.1. The van der Waals surface area contributed by atoms with Crippen molar-refractivity contribution in [2.45, 2.75) is 24.2 Å². The molecule has 2 N–H and O–H groups in total. The molecule has 2 aromatic carbocycles. The summed E-state index contributed by atoms with van der Waals surface area (Å²) in [5.41, 5.74) is 1.23. The Bertz CT molecular complexity index is 693. The molecule has 3 rings (SSSR count). The van der Waals surface area contributed by atoms with Crippen LogP contribution < -0.4 is 5.32 Å². The van der Waals surface area contributed by atoms with Gasteiger partial charge in [-0.3, -0.25) is 9.59 Å². The molecule has 0 aromatic heterocycles. The van der Waals surface area contributed by atoms with Gasteiger partial charge in [-0.2, -0.15) is 0 Å². The number of aliphatic carboxylic acids is 1. The maximum absolute atomic E-state index is 12.6. The lowest BCUT2D eigenvalue weighted by Gasteiger charge is -2.18.